The van der Waals surface area contributed by atoms with Crippen LogP contribution in [0.2, 0.25) is 0 Å². The van der Waals surface area contributed by atoms with Gasteiger partial charge in [0.15, 0.2) is 0 Å². The zero-order chi connectivity index (χ0) is 21.8. The highest BCUT2D eigenvalue weighted by atomic mass is 16.2. The highest BCUT2D eigenvalue weighted by Crippen LogP contribution is 2.29. The van der Waals surface area contributed by atoms with E-state index in [9.17, 15) is 9.59 Å². The summed E-state index contributed by atoms with van der Waals surface area (Å²) >= 11 is 0. The lowest BCUT2D eigenvalue weighted by molar-refractivity contribution is 0.0271. The molecule has 0 heterocycles. The van der Waals surface area contributed by atoms with Crippen LogP contribution in [0, 0.1) is 26.2 Å². The number of hydrogen-bond acceptors (Lipinski definition) is 2. The Labute approximate surface area is 175 Å². The summed E-state index contributed by atoms with van der Waals surface area (Å²) < 4.78 is 0. The van der Waals surface area contributed by atoms with Crippen LogP contribution in [0.15, 0.2) is 42.5 Å². The Morgan fingerprint density at radius 2 is 1.52 bits per heavy atom. The van der Waals surface area contributed by atoms with Gasteiger partial charge in [-0.1, -0.05) is 69.0 Å². The van der Waals surface area contributed by atoms with Crippen molar-refractivity contribution in [3.05, 3.63) is 70.3 Å². The minimum absolute atomic E-state index is 0.130. The van der Waals surface area contributed by atoms with Crippen LogP contribution in [0.4, 0.5) is 0 Å². The normalized spacial score (nSPS) is 12.4. The number of nitrogens with zero attached hydrogens (tertiary/aromatic N) is 1. The Morgan fingerprint density at radius 1 is 0.931 bits per heavy atom. The SMILES string of the molecule is CCCC(N(NC(=O)c1cccc(C)c1)C(=O)c1cc(C)cc(C)c1)C(C)(C)C. The van der Waals surface area contributed by atoms with E-state index in [-0.39, 0.29) is 23.3 Å². The number of benzene rings is 2. The van der Waals surface area contributed by atoms with Gasteiger partial charge in [0.25, 0.3) is 11.8 Å². The van der Waals surface area contributed by atoms with Crippen LogP contribution in [-0.4, -0.2) is 22.9 Å². The molecule has 0 aromatic heterocycles. The maximum Gasteiger partial charge on any atom is 0.272 e. The van der Waals surface area contributed by atoms with Crippen molar-refractivity contribution in [2.45, 2.75) is 67.3 Å². The number of carbonyl (C=O) groups is 2. The van der Waals surface area contributed by atoms with Crippen LogP contribution in [0.1, 0.15) is 77.9 Å². The number of hydrazine groups is 1. The zero-order valence-electron chi connectivity index (χ0n) is 18.8. The van der Waals surface area contributed by atoms with E-state index in [2.05, 4.69) is 33.1 Å². The summed E-state index contributed by atoms with van der Waals surface area (Å²) in [4.78, 5) is 26.6. The van der Waals surface area contributed by atoms with E-state index in [0.717, 1.165) is 29.5 Å². The van der Waals surface area contributed by atoms with Gasteiger partial charge in [-0.15, -0.1) is 0 Å². The molecule has 2 aromatic carbocycles. The Morgan fingerprint density at radius 3 is 2.03 bits per heavy atom. The summed E-state index contributed by atoms with van der Waals surface area (Å²) in [5.41, 5.74) is 6.95. The molecule has 0 saturated carbocycles. The van der Waals surface area contributed by atoms with Crippen molar-refractivity contribution in [3.8, 4) is 0 Å². The summed E-state index contributed by atoms with van der Waals surface area (Å²) in [6.45, 7) is 14.3. The lowest BCUT2D eigenvalue weighted by Gasteiger charge is -2.40. The van der Waals surface area contributed by atoms with Crippen LogP contribution in [-0.2, 0) is 0 Å². The van der Waals surface area contributed by atoms with Gasteiger partial charge in [-0.3, -0.25) is 15.0 Å². The number of aryl methyl sites for hydroxylation is 3. The monoisotopic (exact) mass is 394 g/mol. The van der Waals surface area contributed by atoms with Crippen LogP contribution in [0.3, 0.4) is 0 Å². The molecule has 1 N–H and O–H groups in total. The summed E-state index contributed by atoms with van der Waals surface area (Å²) in [5, 5.41) is 1.56. The van der Waals surface area contributed by atoms with E-state index in [1.807, 2.05) is 57.2 Å². The summed E-state index contributed by atoms with van der Waals surface area (Å²) in [6, 6.07) is 13.1. The fourth-order valence-electron chi connectivity index (χ4n) is 3.69. The molecule has 2 amide bonds. The molecule has 0 fully saturated rings. The van der Waals surface area contributed by atoms with Crippen molar-refractivity contribution in [1.82, 2.24) is 10.4 Å². The number of rotatable bonds is 5. The molecule has 2 aromatic rings. The Bertz CT molecular complexity index is 860. The van der Waals surface area contributed by atoms with Gasteiger partial charge in [-0.05, 0) is 56.9 Å². The number of nitrogens with one attached hydrogen (secondary N) is 1. The van der Waals surface area contributed by atoms with Gasteiger partial charge < -0.3 is 0 Å². The van der Waals surface area contributed by atoms with Gasteiger partial charge in [0, 0.05) is 11.1 Å². The molecule has 1 atom stereocenters. The molecule has 0 spiro atoms. The fraction of sp³-hybridized carbons (Fsp3) is 0.440. The van der Waals surface area contributed by atoms with Crippen molar-refractivity contribution < 1.29 is 9.59 Å². The van der Waals surface area contributed by atoms with Crippen LogP contribution < -0.4 is 5.43 Å². The summed E-state index contributed by atoms with van der Waals surface area (Å²) in [7, 11) is 0. The Kier molecular flexibility index (Phi) is 7.23. The summed E-state index contributed by atoms with van der Waals surface area (Å²) in [6.07, 6.45) is 1.72. The van der Waals surface area contributed by atoms with Gasteiger partial charge in [0.1, 0.15) is 0 Å². The van der Waals surface area contributed by atoms with E-state index < -0.39 is 0 Å². The first-order valence-corrected chi connectivity index (χ1v) is 10.3. The average Bonchev–Trinajstić information content (AvgIpc) is 2.62. The first-order chi connectivity index (χ1) is 13.5. The molecular formula is C25H34N2O2. The van der Waals surface area contributed by atoms with Crippen molar-refractivity contribution in [3.63, 3.8) is 0 Å². The van der Waals surface area contributed by atoms with E-state index in [1.165, 1.54) is 0 Å². The molecule has 0 bridgehead atoms. The van der Waals surface area contributed by atoms with Crippen LogP contribution in [0.5, 0.6) is 0 Å². The van der Waals surface area contributed by atoms with Crippen LogP contribution in [0.25, 0.3) is 0 Å². The quantitative estimate of drug-likeness (QED) is 0.670. The molecule has 156 valence electrons. The third-order valence-electron chi connectivity index (χ3n) is 5.06. The topological polar surface area (TPSA) is 49.4 Å². The molecule has 4 heteroatoms. The minimum Gasteiger partial charge on any atom is -0.267 e. The first kappa shape index (κ1) is 22.7. The lowest BCUT2D eigenvalue weighted by atomic mass is 9.83. The second kappa shape index (κ2) is 9.25. The van der Waals surface area contributed by atoms with Gasteiger partial charge in [-0.2, -0.15) is 0 Å². The molecule has 0 aliphatic heterocycles. The molecular weight excluding hydrogens is 360 g/mol. The number of amides is 2. The fourth-order valence-corrected chi connectivity index (χ4v) is 3.69. The van der Waals surface area contributed by atoms with E-state index in [4.69, 9.17) is 0 Å². The molecule has 1 unspecified atom stereocenters. The van der Waals surface area contributed by atoms with E-state index in [1.54, 1.807) is 11.1 Å². The van der Waals surface area contributed by atoms with Gasteiger partial charge in [-0.25, -0.2) is 5.01 Å². The van der Waals surface area contributed by atoms with Crippen molar-refractivity contribution in [1.29, 1.82) is 0 Å². The van der Waals surface area contributed by atoms with E-state index >= 15 is 0 Å². The maximum atomic E-state index is 13.6. The van der Waals surface area contributed by atoms with Gasteiger partial charge in [0.2, 0.25) is 0 Å². The van der Waals surface area contributed by atoms with Crippen LogP contribution >= 0.6 is 0 Å². The standard InChI is InChI=1S/C25H34N2O2/c1-8-10-22(25(5,6)7)27(24(29)21-15-18(3)13-19(4)16-21)26-23(28)20-12-9-11-17(2)14-20/h9,11-16,22H,8,10H2,1-7H3,(H,26,28). The highest BCUT2D eigenvalue weighted by molar-refractivity contribution is 5.99. The molecule has 0 aliphatic carbocycles. The molecule has 4 nitrogen and oxygen atoms in total. The third-order valence-corrected chi connectivity index (χ3v) is 5.06. The van der Waals surface area contributed by atoms with E-state index in [0.29, 0.717) is 11.1 Å². The third kappa shape index (κ3) is 5.93. The second-order valence-corrected chi connectivity index (χ2v) is 9.03. The van der Waals surface area contributed by atoms with Crippen molar-refractivity contribution in [2.24, 2.45) is 5.41 Å². The second-order valence-electron chi connectivity index (χ2n) is 9.03. The van der Waals surface area contributed by atoms with Crippen molar-refractivity contribution in [2.75, 3.05) is 0 Å². The predicted molar refractivity (Wildman–Crippen MR) is 119 cm³/mol. The first-order valence-electron chi connectivity index (χ1n) is 10.3. The number of hydrogen-bond donors (Lipinski definition) is 1. The zero-order valence-corrected chi connectivity index (χ0v) is 18.8. The lowest BCUT2D eigenvalue weighted by Crippen LogP contribution is -2.56. The number of carbonyl (C=O) groups excluding carboxylic acids is 2. The smallest absolute Gasteiger partial charge is 0.267 e. The molecule has 0 saturated heterocycles. The summed E-state index contributed by atoms with van der Waals surface area (Å²) in [5.74, 6) is -0.442. The maximum absolute atomic E-state index is 13.6. The van der Waals surface area contributed by atoms with Gasteiger partial charge in [0.05, 0.1) is 6.04 Å². The molecule has 0 radical (unpaired) electrons. The Balaban J connectivity index is 2.46. The molecule has 2 rings (SSSR count). The molecule has 0 aliphatic rings. The average molecular weight is 395 g/mol. The minimum atomic E-state index is -0.267. The van der Waals surface area contributed by atoms with Crippen molar-refractivity contribution >= 4 is 11.8 Å². The largest absolute Gasteiger partial charge is 0.272 e. The highest BCUT2D eigenvalue weighted by Gasteiger charge is 2.35. The Hall–Kier alpha value is -2.62. The van der Waals surface area contributed by atoms with Gasteiger partial charge >= 0.3 is 0 Å². The molecule has 29 heavy (non-hydrogen) atoms. The predicted octanol–water partition coefficient (Wildman–Crippen LogP) is 5.61.